The number of carbonyl (C=O) groups is 3. The maximum Gasteiger partial charge on any atom is 0.347 e. The van der Waals surface area contributed by atoms with Crippen molar-refractivity contribution in [1.29, 1.82) is 0 Å². The number of hydrogen-bond donors (Lipinski definition) is 1. The van der Waals surface area contributed by atoms with Gasteiger partial charge in [-0.05, 0) is 82.1 Å². The Labute approximate surface area is 244 Å². The lowest BCUT2D eigenvalue weighted by Crippen LogP contribution is -2.36. The van der Waals surface area contributed by atoms with E-state index in [2.05, 4.69) is 10.3 Å². The average molecular weight is 570 g/mol. The fraction of sp³-hybridized carbons (Fsp3) is 0.333. The van der Waals surface area contributed by atoms with Gasteiger partial charge in [0.2, 0.25) is 5.89 Å². The predicted molar refractivity (Wildman–Crippen MR) is 157 cm³/mol. The second-order valence-electron chi connectivity index (χ2n) is 11.2. The number of imide groups is 1. The minimum absolute atomic E-state index is 0.315. The number of nitrogens with one attached hydrogen (secondary N) is 1. The third-order valence-corrected chi connectivity index (χ3v) is 6.87. The topological polar surface area (TPSA) is 111 Å². The molecule has 1 N–H and O–H groups in total. The van der Waals surface area contributed by atoms with Crippen LogP contribution in [0.5, 0.6) is 5.75 Å². The molecule has 42 heavy (non-hydrogen) atoms. The summed E-state index contributed by atoms with van der Waals surface area (Å²) in [6.07, 6.45) is 0.168. The zero-order chi connectivity index (χ0) is 29.9. The van der Waals surface area contributed by atoms with Gasteiger partial charge in [-0.1, -0.05) is 43.3 Å². The molecule has 2 amide bonds. The molecule has 0 radical (unpaired) electrons. The van der Waals surface area contributed by atoms with Gasteiger partial charge in [0.1, 0.15) is 22.9 Å². The summed E-state index contributed by atoms with van der Waals surface area (Å²) in [5.41, 5.74) is 2.37. The molecule has 3 aromatic carbocycles. The second-order valence-corrected chi connectivity index (χ2v) is 11.2. The number of hydrogen-bond acceptors (Lipinski definition) is 8. The maximum atomic E-state index is 13.3. The molecule has 1 aliphatic heterocycles. The molecule has 1 aliphatic rings. The summed E-state index contributed by atoms with van der Waals surface area (Å²) < 4.78 is 17.5. The number of ether oxygens (including phenoxy) is 2. The van der Waals surface area contributed by atoms with Crippen LogP contribution >= 0.6 is 0 Å². The van der Waals surface area contributed by atoms with Crippen LogP contribution in [0.4, 0.5) is 0 Å². The monoisotopic (exact) mass is 569 g/mol. The van der Waals surface area contributed by atoms with Crippen LogP contribution in [0.15, 0.2) is 77.2 Å². The van der Waals surface area contributed by atoms with E-state index in [0.717, 1.165) is 5.56 Å². The quantitative estimate of drug-likeness (QED) is 0.136. The van der Waals surface area contributed by atoms with E-state index in [4.69, 9.17) is 13.9 Å². The van der Waals surface area contributed by atoms with E-state index in [-0.39, 0.29) is 11.8 Å². The van der Waals surface area contributed by atoms with Gasteiger partial charge >= 0.3 is 5.97 Å². The van der Waals surface area contributed by atoms with E-state index >= 15 is 0 Å². The molecular formula is C33H35N3O6. The molecule has 2 heterocycles. The first-order valence-corrected chi connectivity index (χ1v) is 14.2. The molecule has 9 heteroatoms. The molecule has 9 nitrogen and oxygen atoms in total. The van der Waals surface area contributed by atoms with Crippen molar-refractivity contribution in [2.45, 2.75) is 64.8 Å². The molecule has 0 fully saturated rings. The molecule has 0 aliphatic carbocycles. The van der Waals surface area contributed by atoms with Crippen LogP contribution in [0, 0.1) is 0 Å². The molecule has 0 spiro atoms. The lowest BCUT2D eigenvalue weighted by atomic mass is 10.1. The zero-order valence-corrected chi connectivity index (χ0v) is 24.3. The summed E-state index contributed by atoms with van der Waals surface area (Å²) >= 11 is 0. The minimum atomic E-state index is -0.704. The van der Waals surface area contributed by atoms with E-state index in [1.54, 1.807) is 24.3 Å². The smallest absolute Gasteiger partial charge is 0.347 e. The highest BCUT2D eigenvalue weighted by Crippen LogP contribution is 2.34. The fourth-order valence-electron chi connectivity index (χ4n) is 4.92. The molecule has 2 unspecified atom stereocenters. The summed E-state index contributed by atoms with van der Waals surface area (Å²) in [4.78, 5) is 45.1. The van der Waals surface area contributed by atoms with Gasteiger partial charge in [-0.3, -0.25) is 14.5 Å². The molecule has 0 saturated carbocycles. The molecule has 4 aromatic rings. The Balaban J connectivity index is 1.27. The van der Waals surface area contributed by atoms with Gasteiger partial charge in [0.15, 0.2) is 11.7 Å². The normalized spacial score (nSPS) is 14.6. The van der Waals surface area contributed by atoms with E-state index in [1.165, 1.54) is 4.90 Å². The van der Waals surface area contributed by atoms with E-state index in [9.17, 15) is 14.4 Å². The number of benzene rings is 3. The lowest BCUT2D eigenvalue weighted by molar-refractivity contribution is -0.163. The Bertz CT molecular complexity index is 1540. The third kappa shape index (κ3) is 6.36. The predicted octanol–water partition coefficient (Wildman–Crippen LogP) is 5.84. The van der Waals surface area contributed by atoms with Gasteiger partial charge in [0.25, 0.3) is 11.8 Å². The summed E-state index contributed by atoms with van der Waals surface area (Å²) in [6.45, 7) is 8.33. The van der Waals surface area contributed by atoms with Crippen molar-refractivity contribution < 1.29 is 28.3 Å². The van der Waals surface area contributed by atoms with E-state index < -0.39 is 23.7 Å². The second kappa shape index (κ2) is 12.2. The van der Waals surface area contributed by atoms with Gasteiger partial charge in [-0.2, -0.15) is 0 Å². The van der Waals surface area contributed by atoms with Crippen molar-refractivity contribution in [3.05, 3.63) is 95.4 Å². The fourth-order valence-corrected chi connectivity index (χ4v) is 4.92. The summed E-state index contributed by atoms with van der Waals surface area (Å²) in [5, 5.41) is 3.39. The van der Waals surface area contributed by atoms with Crippen LogP contribution in [-0.2, 0) is 16.1 Å². The van der Waals surface area contributed by atoms with E-state index in [1.807, 2.05) is 76.2 Å². The van der Waals surface area contributed by atoms with Crippen molar-refractivity contribution in [2.24, 2.45) is 0 Å². The highest BCUT2D eigenvalue weighted by Gasteiger charge is 2.42. The van der Waals surface area contributed by atoms with Crippen LogP contribution in [0.3, 0.4) is 0 Å². The maximum absolute atomic E-state index is 13.3. The molecule has 218 valence electrons. The highest BCUT2D eigenvalue weighted by molar-refractivity contribution is 6.21. The Morgan fingerprint density at radius 2 is 1.67 bits per heavy atom. The number of nitrogens with zero attached hydrogens (tertiary/aromatic N) is 2. The van der Waals surface area contributed by atoms with Crippen LogP contribution < -0.4 is 10.1 Å². The summed E-state index contributed by atoms with van der Waals surface area (Å²) in [7, 11) is 0. The molecule has 1 aromatic heterocycles. The van der Waals surface area contributed by atoms with Crippen LogP contribution in [0.1, 0.15) is 78.7 Å². The number of oxazole rings is 1. The molecule has 0 saturated heterocycles. The van der Waals surface area contributed by atoms with Gasteiger partial charge in [-0.25, -0.2) is 9.78 Å². The average Bonchev–Trinajstić information content (AvgIpc) is 3.50. The number of amides is 2. The first kappa shape index (κ1) is 29.0. The Hall–Kier alpha value is -4.50. The first-order chi connectivity index (χ1) is 20.1. The number of para-hydroxylation sites is 2. The Morgan fingerprint density at radius 1 is 0.976 bits per heavy atom. The minimum Gasteiger partial charge on any atom is -0.479 e. The largest absolute Gasteiger partial charge is 0.479 e. The molecule has 2 atom stereocenters. The molecule has 5 rings (SSSR count). The van der Waals surface area contributed by atoms with E-state index in [0.29, 0.717) is 59.8 Å². The van der Waals surface area contributed by atoms with Crippen LogP contribution in [0.25, 0.3) is 11.1 Å². The Kier molecular flexibility index (Phi) is 8.40. The van der Waals surface area contributed by atoms with Crippen LogP contribution in [-0.4, -0.2) is 45.9 Å². The number of carbonyl (C=O) groups excluding carboxylic acids is 3. The van der Waals surface area contributed by atoms with Crippen molar-refractivity contribution in [1.82, 2.24) is 15.2 Å². The molecular weight excluding hydrogens is 534 g/mol. The van der Waals surface area contributed by atoms with Crippen molar-refractivity contribution in [3.63, 3.8) is 0 Å². The SMILES string of the molecule is CCC(Oc1cccc(CNCCC(c2nc3ccccc3o2)N2C(=O)c3ccccc3C2=O)c1)C(=O)OC(C)(C)C. The Morgan fingerprint density at radius 3 is 2.33 bits per heavy atom. The lowest BCUT2D eigenvalue weighted by Gasteiger charge is -2.24. The number of fused-ring (bicyclic) bond motifs is 2. The van der Waals surface area contributed by atoms with Gasteiger partial charge in [0, 0.05) is 6.54 Å². The van der Waals surface area contributed by atoms with Gasteiger partial charge in [-0.15, -0.1) is 0 Å². The van der Waals surface area contributed by atoms with Crippen LogP contribution in [0.2, 0.25) is 0 Å². The highest BCUT2D eigenvalue weighted by atomic mass is 16.6. The summed E-state index contributed by atoms with van der Waals surface area (Å²) in [5.74, 6) is -0.226. The third-order valence-electron chi connectivity index (χ3n) is 6.87. The number of aromatic nitrogens is 1. The van der Waals surface area contributed by atoms with Crippen molar-refractivity contribution in [3.8, 4) is 5.75 Å². The van der Waals surface area contributed by atoms with Gasteiger partial charge < -0.3 is 19.2 Å². The van der Waals surface area contributed by atoms with Gasteiger partial charge in [0.05, 0.1) is 11.1 Å². The molecule has 0 bridgehead atoms. The first-order valence-electron chi connectivity index (χ1n) is 14.2. The van der Waals surface area contributed by atoms with Crippen molar-refractivity contribution in [2.75, 3.05) is 6.54 Å². The standard InChI is InChI=1S/C33H35N3O6/c1-5-27(32(39)42-33(2,3)4)40-22-12-10-11-21(19-22)20-34-18-17-26(29-35-25-15-8-9-16-28(25)41-29)36-30(37)23-13-6-7-14-24(23)31(36)38/h6-16,19,26-27,34H,5,17-18,20H2,1-4H3. The number of esters is 1. The number of rotatable bonds is 11. The van der Waals surface area contributed by atoms with Crippen molar-refractivity contribution >= 4 is 28.9 Å². The zero-order valence-electron chi connectivity index (χ0n) is 24.3. The summed E-state index contributed by atoms with van der Waals surface area (Å²) in [6, 6.07) is 21.0.